The van der Waals surface area contributed by atoms with Crippen molar-refractivity contribution in [1.29, 1.82) is 0 Å². The van der Waals surface area contributed by atoms with E-state index in [9.17, 15) is 13.2 Å². The van der Waals surface area contributed by atoms with Gasteiger partial charge in [0.2, 0.25) is 5.95 Å². The fourth-order valence-corrected chi connectivity index (χ4v) is 2.76. The Morgan fingerprint density at radius 3 is 2.48 bits per heavy atom. The average molecular weight is 434 g/mol. The molecule has 0 bridgehead atoms. The standard InChI is InChI=1S/C21H21F3N4O3/c1-30-16-6-2-4-14(10-16)13-26-19-12-18(27-20(28-19)25-8-9-29)15-5-3-7-17(11-15)31-21(22,23)24/h2-7,10-12,29H,8-9,13H2,1H3,(H2,25,26,27,28). The zero-order valence-electron chi connectivity index (χ0n) is 16.6. The molecule has 3 aromatic rings. The molecule has 1 heterocycles. The lowest BCUT2D eigenvalue weighted by Crippen LogP contribution is -2.17. The number of aliphatic hydroxyl groups is 1. The number of ether oxygens (including phenoxy) is 2. The van der Waals surface area contributed by atoms with Gasteiger partial charge in [0.15, 0.2) is 0 Å². The van der Waals surface area contributed by atoms with E-state index in [1.165, 1.54) is 18.2 Å². The van der Waals surface area contributed by atoms with Crippen molar-refractivity contribution in [2.45, 2.75) is 12.9 Å². The van der Waals surface area contributed by atoms with E-state index >= 15 is 0 Å². The van der Waals surface area contributed by atoms with E-state index in [2.05, 4.69) is 25.3 Å². The molecule has 164 valence electrons. The third-order valence-corrected chi connectivity index (χ3v) is 4.09. The van der Waals surface area contributed by atoms with Gasteiger partial charge in [-0.25, -0.2) is 4.98 Å². The first-order chi connectivity index (χ1) is 14.9. The predicted octanol–water partition coefficient (Wildman–Crippen LogP) is 4.07. The van der Waals surface area contributed by atoms with Crippen LogP contribution in [0.1, 0.15) is 5.56 Å². The zero-order chi connectivity index (χ0) is 22.3. The summed E-state index contributed by atoms with van der Waals surface area (Å²) in [5.41, 5.74) is 1.75. The smallest absolute Gasteiger partial charge is 0.497 e. The summed E-state index contributed by atoms with van der Waals surface area (Å²) in [4.78, 5) is 8.68. The van der Waals surface area contributed by atoms with Crippen molar-refractivity contribution in [3.8, 4) is 22.8 Å². The number of alkyl halides is 3. The largest absolute Gasteiger partial charge is 0.573 e. The molecule has 10 heteroatoms. The van der Waals surface area contributed by atoms with Gasteiger partial charge in [0.05, 0.1) is 19.4 Å². The number of hydrogen-bond acceptors (Lipinski definition) is 7. The van der Waals surface area contributed by atoms with Gasteiger partial charge in [-0.3, -0.25) is 0 Å². The Hall–Kier alpha value is -3.53. The lowest BCUT2D eigenvalue weighted by molar-refractivity contribution is -0.274. The van der Waals surface area contributed by atoms with E-state index in [0.717, 1.165) is 11.3 Å². The lowest BCUT2D eigenvalue weighted by atomic mass is 10.1. The second-order valence-corrected chi connectivity index (χ2v) is 6.39. The SMILES string of the molecule is COc1cccc(CNc2cc(-c3cccc(OC(F)(F)F)c3)nc(NCCO)n2)c1. The number of rotatable bonds is 9. The maximum absolute atomic E-state index is 12.6. The Labute approximate surface area is 176 Å². The van der Waals surface area contributed by atoms with Gasteiger partial charge in [0, 0.05) is 24.7 Å². The lowest BCUT2D eigenvalue weighted by Gasteiger charge is -2.13. The Morgan fingerprint density at radius 1 is 0.968 bits per heavy atom. The molecule has 0 amide bonds. The Kier molecular flexibility index (Phi) is 7.14. The monoisotopic (exact) mass is 434 g/mol. The second kappa shape index (κ2) is 9.98. The van der Waals surface area contributed by atoms with Crippen LogP contribution in [-0.2, 0) is 6.54 Å². The molecule has 31 heavy (non-hydrogen) atoms. The van der Waals surface area contributed by atoms with Gasteiger partial charge in [-0.1, -0.05) is 24.3 Å². The first kappa shape index (κ1) is 22.2. The van der Waals surface area contributed by atoms with Gasteiger partial charge < -0.3 is 25.2 Å². The van der Waals surface area contributed by atoms with Gasteiger partial charge in [-0.15, -0.1) is 13.2 Å². The van der Waals surface area contributed by atoms with Crippen molar-refractivity contribution in [3.63, 3.8) is 0 Å². The van der Waals surface area contributed by atoms with Crippen LogP contribution in [0, 0.1) is 0 Å². The second-order valence-electron chi connectivity index (χ2n) is 6.39. The van der Waals surface area contributed by atoms with Crippen LogP contribution in [0.15, 0.2) is 54.6 Å². The highest BCUT2D eigenvalue weighted by Gasteiger charge is 2.31. The van der Waals surface area contributed by atoms with Crippen molar-refractivity contribution >= 4 is 11.8 Å². The number of methoxy groups -OCH3 is 1. The van der Waals surface area contributed by atoms with Crippen LogP contribution in [0.2, 0.25) is 0 Å². The number of aliphatic hydroxyl groups excluding tert-OH is 1. The van der Waals surface area contributed by atoms with E-state index in [4.69, 9.17) is 9.84 Å². The first-order valence-corrected chi connectivity index (χ1v) is 9.33. The van der Waals surface area contributed by atoms with Gasteiger partial charge >= 0.3 is 6.36 Å². The number of aromatic nitrogens is 2. The fraction of sp³-hybridized carbons (Fsp3) is 0.238. The van der Waals surface area contributed by atoms with Crippen molar-refractivity contribution in [1.82, 2.24) is 9.97 Å². The molecule has 0 radical (unpaired) electrons. The van der Waals surface area contributed by atoms with E-state index in [-0.39, 0.29) is 24.8 Å². The Bertz CT molecular complexity index is 1020. The molecule has 0 aliphatic carbocycles. The molecule has 0 aliphatic heterocycles. The predicted molar refractivity (Wildman–Crippen MR) is 110 cm³/mol. The summed E-state index contributed by atoms with van der Waals surface area (Å²) >= 11 is 0. The normalized spacial score (nSPS) is 11.1. The molecular weight excluding hydrogens is 413 g/mol. The number of nitrogens with one attached hydrogen (secondary N) is 2. The maximum atomic E-state index is 12.6. The van der Waals surface area contributed by atoms with E-state index in [0.29, 0.717) is 23.6 Å². The molecule has 2 aromatic carbocycles. The molecule has 0 fully saturated rings. The minimum Gasteiger partial charge on any atom is -0.497 e. The van der Waals surface area contributed by atoms with E-state index in [1.807, 2.05) is 24.3 Å². The molecule has 0 spiro atoms. The van der Waals surface area contributed by atoms with Gasteiger partial charge in [-0.05, 0) is 29.8 Å². The highest BCUT2D eigenvalue weighted by atomic mass is 19.4. The Morgan fingerprint density at radius 2 is 1.74 bits per heavy atom. The number of benzene rings is 2. The number of nitrogens with zero attached hydrogens (tertiary/aromatic N) is 2. The minimum atomic E-state index is -4.79. The van der Waals surface area contributed by atoms with Crippen LogP contribution >= 0.6 is 0 Å². The van der Waals surface area contributed by atoms with Crippen molar-refractivity contribution < 1.29 is 27.8 Å². The molecule has 3 rings (SSSR count). The topological polar surface area (TPSA) is 88.5 Å². The van der Waals surface area contributed by atoms with Crippen LogP contribution in [0.3, 0.4) is 0 Å². The van der Waals surface area contributed by atoms with E-state index < -0.39 is 6.36 Å². The average Bonchev–Trinajstić information content (AvgIpc) is 2.75. The molecule has 0 saturated carbocycles. The van der Waals surface area contributed by atoms with Crippen molar-refractivity contribution in [3.05, 3.63) is 60.2 Å². The summed E-state index contributed by atoms with van der Waals surface area (Å²) in [5.74, 6) is 1.05. The summed E-state index contributed by atoms with van der Waals surface area (Å²) in [6.45, 7) is 0.523. The summed E-state index contributed by atoms with van der Waals surface area (Å²) in [5, 5.41) is 15.1. The van der Waals surface area contributed by atoms with Crippen molar-refractivity contribution in [2.75, 3.05) is 30.9 Å². The molecule has 0 aliphatic rings. The molecule has 0 unspecified atom stereocenters. The molecule has 7 nitrogen and oxygen atoms in total. The summed E-state index contributed by atoms with van der Waals surface area (Å²) < 4.78 is 46.9. The van der Waals surface area contributed by atoms with E-state index in [1.54, 1.807) is 19.2 Å². The first-order valence-electron chi connectivity index (χ1n) is 9.33. The number of anilines is 2. The van der Waals surface area contributed by atoms with Crippen LogP contribution in [-0.4, -0.2) is 41.7 Å². The molecular formula is C21H21F3N4O3. The summed E-state index contributed by atoms with van der Waals surface area (Å²) in [7, 11) is 1.58. The highest BCUT2D eigenvalue weighted by Crippen LogP contribution is 2.28. The van der Waals surface area contributed by atoms with Crippen LogP contribution in [0.4, 0.5) is 24.9 Å². The van der Waals surface area contributed by atoms with Crippen LogP contribution in [0.5, 0.6) is 11.5 Å². The van der Waals surface area contributed by atoms with Crippen LogP contribution in [0.25, 0.3) is 11.3 Å². The fourth-order valence-electron chi connectivity index (χ4n) is 2.76. The molecule has 1 aromatic heterocycles. The summed E-state index contributed by atoms with van der Waals surface area (Å²) in [6, 6.07) is 14.6. The summed E-state index contributed by atoms with van der Waals surface area (Å²) in [6.07, 6.45) is -4.79. The number of halogens is 3. The minimum absolute atomic E-state index is 0.130. The zero-order valence-corrected chi connectivity index (χ0v) is 16.6. The molecule has 3 N–H and O–H groups in total. The third-order valence-electron chi connectivity index (χ3n) is 4.09. The quantitative estimate of drug-likeness (QED) is 0.468. The highest BCUT2D eigenvalue weighted by molar-refractivity contribution is 5.66. The maximum Gasteiger partial charge on any atom is 0.573 e. The molecule has 0 atom stereocenters. The van der Waals surface area contributed by atoms with Crippen LogP contribution < -0.4 is 20.1 Å². The Balaban J connectivity index is 1.87. The van der Waals surface area contributed by atoms with Gasteiger partial charge in [0.25, 0.3) is 0 Å². The third kappa shape index (κ3) is 6.75. The molecule has 0 saturated heterocycles. The number of hydrogen-bond donors (Lipinski definition) is 3. The van der Waals surface area contributed by atoms with Gasteiger partial charge in [-0.2, -0.15) is 4.98 Å². The van der Waals surface area contributed by atoms with Crippen molar-refractivity contribution in [2.24, 2.45) is 0 Å². The van der Waals surface area contributed by atoms with Gasteiger partial charge in [0.1, 0.15) is 17.3 Å².